The molecule has 0 aromatic heterocycles. The largest absolute Gasteiger partial charge is 0.322 e. The molecule has 2 aromatic carbocycles. The molecule has 2 amide bonds. The number of hydrogen-bond acceptors (Lipinski definition) is 4. The summed E-state index contributed by atoms with van der Waals surface area (Å²) in [7, 11) is -3.89. The summed E-state index contributed by atoms with van der Waals surface area (Å²) in [6, 6.07) is 11.1. The lowest BCUT2D eigenvalue weighted by atomic mass is 10.1. The Morgan fingerprint density at radius 1 is 1.16 bits per heavy atom. The van der Waals surface area contributed by atoms with Gasteiger partial charge in [-0.25, -0.2) is 12.7 Å². The molecule has 1 aliphatic heterocycles. The zero-order valence-electron chi connectivity index (χ0n) is 13.3. The van der Waals surface area contributed by atoms with E-state index in [0.29, 0.717) is 12.1 Å². The molecular weight excluding hydrogens is 408 g/mol. The number of fused-ring (bicyclic) bond motifs is 1. The molecule has 0 saturated carbocycles. The number of nitrogens with one attached hydrogen (secondary N) is 1. The fourth-order valence-corrected chi connectivity index (χ4v) is 4.53. The van der Waals surface area contributed by atoms with E-state index in [2.05, 4.69) is 21.2 Å². The van der Waals surface area contributed by atoms with Crippen LogP contribution in [0.5, 0.6) is 0 Å². The Bertz CT molecular complexity index is 955. The van der Waals surface area contributed by atoms with Crippen LogP contribution < -0.4 is 5.32 Å². The number of carbonyl (C=O) groups excluding carboxylic acids is 2. The van der Waals surface area contributed by atoms with E-state index in [0.717, 1.165) is 8.78 Å². The minimum atomic E-state index is -3.89. The minimum Gasteiger partial charge on any atom is -0.322 e. The third kappa shape index (κ3) is 3.19. The first kappa shape index (κ1) is 17.6. The molecule has 8 heteroatoms. The molecule has 0 unspecified atom stereocenters. The first-order valence-corrected chi connectivity index (χ1v) is 9.86. The van der Waals surface area contributed by atoms with E-state index in [1.807, 2.05) is 0 Å². The number of rotatable bonds is 4. The van der Waals surface area contributed by atoms with Gasteiger partial charge in [-0.2, -0.15) is 0 Å². The molecule has 0 bridgehead atoms. The van der Waals surface area contributed by atoms with Crippen LogP contribution in [-0.2, 0) is 10.0 Å². The zero-order chi connectivity index (χ0) is 18.2. The summed E-state index contributed by atoms with van der Waals surface area (Å²) >= 11 is 3.31. The summed E-state index contributed by atoms with van der Waals surface area (Å²) in [4.78, 5) is 24.5. The lowest BCUT2D eigenvalue weighted by Crippen LogP contribution is -2.30. The van der Waals surface area contributed by atoms with Crippen LogP contribution in [0.4, 0.5) is 5.69 Å². The van der Waals surface area contributed by atoms with Crippen molar-refractivity contribution in [2.45, 2.75) is 18.2 Å². The number of benzene rings is 2. The smallest absolute Gasteiger partial charge is 0.269 e. The second-order valence-corrected chi connectivity index (χ2v) is 8.30. The van der Waals surface area contributed by atoms with E-state index in [-0.39, 0.29) is 22.6 Å². The molecule has 1 aliphatic rings. The molecule has 0 spiro atoms. The Labute approximate surface area is 154 Å². The van der Waals surface area contributed by atoms with Gasteiger partial charge in [0.1, 0.15) is 4.90 Å². The zero-order valence-corrected chi connectivity index (χ0v) is 15.7. The van der Waals surface area contributed by atoms with Crippen molar-refractivity contribution in [3.05, 3.63) is 58.1 Å². The van der Waals surface area contributed by atoms with E-state index in [4.69, 9.17) is 0 Å². The predicted molar refractivity (Wildman–Crippen MR) is 97.1 cm³/mol. The maximum Gasteiger partial charge on any atom is 0.269 e. The second-order valence-electron chi connectivity index (χ2n) is 5.55. The normalized spacial score (nSPS) is 15.1. The first-order valence-electron chi connectivity index (χ1n) is 7.62. The van der Waals surface area contributed by atoms with Gasteiger partial charge in [0, 0.05) is 22.3 Å². The predicted octanol–water partition coefficient (Wildman–Crippen LogP) is 3.26. The fraction of sp³-hybridized carbons (Fsp3) is 0.176. The van der Waals surface area contributed by atoms with E-state index in [1.54, 1.807) is 31.2 Å². The highest BCUT2D eigenvalue weighted by atomic mass is 79.9. The van der Waals surface area contributed by atoms with Crippen LogP contribution >= 0.6 is 15.9 Å². The maximum atomic E-state index is 12.5. The highest BCUT2D eigenvalue weighted by Gasteiger charge is 2.40. The van der Waals surface area contributed by atoms with Crippen LogP contribution in [0.1, 0.15) is 34.1 Å². The van der Waals surface area contributed by atoms with Crippen LogP contribution in [0.15, 0.2) is 51.8 Å². The summed E-state index contributed by atoms with van der Waals surface area (Å²) in [5.41, 5.74) is 0.866. The van der Waals surface area contributed by atoms with Crippen molar-refractivity contribution in [3.63, 3.8) is 0 Å². The van der Waals surface area contributed by atoms with Crippen molar-refractivity contribution in [1.82, 2.24) is 4.31 Å². The van der Waals surface area contributed by atoms with Crippen molar-refractivity contribution >= 4 is 43.5 Å². The number of halogens is 1. The molecule has 25 heavy (non-hydrogen) atoms. The van der Waals surface area contributed by atoms with Crippen LogP contribution in [0, 0.1) is 0 Å². The highest BCUT2D eigenvalue weighted by molar-refractivity contribution is 9.10. The number of nitrogens with zero attached hydrogens (tertiary/aromatic N) is 1. The van der Waals surface area contributed by atoms with Crippen molar-refractivity contribution < 1.29 is 18.0 Å². The average Bonchev–Trinajstić information content (AvgIpc) is 2.78. The molecule has 6 nitrogen and oxygen atoms in total. The molecular formula is C17H15BrN2O4S. The quantitative estimate of drug-likeness (QED) is 0.819. The van der Waals surface area contributed by atoms with Gasteiger partial charge in [0.05, 0.1) is 5.56 Å². The van der Waals surface area contributed by atoms with Gasteiger partial charge in [-0.15, -0.1) is 0 Å². The van der Waals surface area contributed by atoms with Crippen molar-refractivity contribution in [3.8, 4) is 0 Å². The van der Waals surface area contributed by atoms with Gasteiger partial charge in [0.2, 0.25) is 0 Å². The van der Waals surface area contributed by atoms with Gasteiger partial charge in [-0.05, 0) is 48.9 Å². The molecule has 1 heterocycles. The third-order valence-electron chi connectivity index (χ3n) is 3.80. The highest BCUT2D eigenvalue weighted by Crippen LogP contribution is 2.31. The summed E-state index contributed by atoms with van der Waals surface area (Å²) in [6.45, 7) is 1.92. The Morgan fingerprint density at radius 3 is 2.48 bits per heavy atom. The summed E-state index contributed by atoms with van der Waals surface area (Å²) < 4.78 is 26.8. The average molecular weight is 423 g/mol. The van der Waals surface area contributed by atoms with Crippen LogP contribution in [-0.4, -0.2) is 31.1 Å². The van der Waals surface area contributed by atoms with Gasteiger partial charge in [0.15, 0.2) is 0 Å². The molecule has 0 atom stereocenters. The first-order chi connectivity index (χ1) is 11.8. The Morgan fingerprint density at radius 2 is 1.84 bits per heavy atom. The molecule has 3 rings (SSSR count). The fourth-order valence-electron chi connectivity index (χ4n) is 2.58. The summed E-state index contributed by atoms with van der Waals surface area (Å²) in [5, 5.41) is 2.70. The Balaban J connectivity index is 1.92. The minimum absolute atomic E-state index is 0.105. The lowest BCUT2D eigenvalue weighted by molar-refractivity contribution is 0.0870. The van der Waals surface area contributed by atoms with Gasteiger partial charge in [-0.1, -0.05) is 22.9 Å². The summed E-state index contributed by atoms with van der Waals surface area (Å²) in [6.07, 6.45) is 0.524. The van der Waals surface area contributed by atoms with E-state index in [1.165, 1.54) is 18.2 Å². The SMILES string of the molecule is CCCN1C(=O)c2ccc(C(=O)Nc3ccc(Br)cc3)cc2S1(=O)=O. The van der Waals surface area contributed by atoms with Gasteiger partial charge < -0.3 is 5.32 Å². The lowest BCUT2D eigenvalue weighted by Gasteiger charge is -2.13. The molecule has 0 aliphatic carbocycles. The van der Waals surface area contributed by atoms with E-state index >= 15 is 0 Å². The summed E-state index contributed by atoms with van der Waals surface area (Å²) in [5.74, 6) is -0.988. The molecule has 130 valence electrons. The van der Waals surface area contributed by atoms with Gasteiger partial charge in [0.25, 0.3) is 21.8 Å². The van der Waals surface area contributed by atoms with Crippen LogP contribution in [0.2, 0.25) is 0 Å². The number of hydrogen-bond donors (Lipinski definition) is 1. The Hall–Kier alpha value is -2.19. The van der Waals surface area contributed by atoms with Crippen LogP contribution in [0.3, 0.4) is 0 Å². The topological polar surface area (TPSA) is 83.6 Å². The molecule has 1 N–H and O–H groups in total. The molecule has 0 fully saturated rings. The van der Waals surface area contributed by atoms with Crippen molar-refractivity contribution in [2.24, 2.45) is 0 Å². The second kappa shape index (κ2) is 6.61. The third-order valence-corrected chi connectivity index (χ3v) is 6.15. The van der Waals surface area contributed by atoms with E-state index in [9.17, 15) is 18.0 Å². The Kier molecular flexibility index (Phi) is 4.66. The molecule has 2 aromatic rings. The van der Waals surface area contributed by atoms with Crippen molar-refractivity contribution in [1.29, 1.82) is 0 Å². The van der Waals surface area contributed by atoms with E-state index < -0.39 is 21.8 Å². The number of amides is 2. The molecule has 0 radical (unpaired) electrons. The number of sulfonamides is 1. The van der Waals surface area contributed by atoms with Gasteiger partial charge in [-0.3, -0.25) is 9.59 Å². The van der Waals surface area contributed by atoms with Crippen molar-refractivity contribution in [2.75, 3.05) is 11.9 Å². The number of carbonyl (C=O) groups is 2. The maximum absolute atomic E-state index is 12.5. The molecule has 0 saturated heterocycles. The van der Waals surface area contributed by atoms with Crippen LogP contribution in [0.25, 0.3) is 0 Å². The number of anilines is 1. The van der Waals surface area contributed by atoms with Gasteiger partial charge >= 0.3 is 0 Å². The monoisotopic (exact) mass is 422 g/mol. The standard InChI is InChI=1S/C17H15BrN2O4S/c1-2-9-20-17(22)14-8-3-11(10-15(14)25(20,23)24)16(21)19-13-6-4-12(18)5-7-13/h3-8,10H,2,9H2,1H3,(H,19,21).